The Balaban J connectivity index is 1.65. The van der Waals surface area contributed by atoms with Gasteiger partial charge >= 0.3 is 0 Å². The fourth-order valence-corrected chi connectivity index (χ4v) is 3.27. The number of H-pyrrole nitrogens is 1. The average Bonchev–Trinajstić information content (AvgIpc) is 3.03. The van der Waals surface area contributed by atoms with Gasteiger partial charge in [-0.25, -0.2) is 0 Å². The van der Waals surface area contributed by atoms with E-state index in [2.05, 4.69) is 51.5 Å². The summed E-state index contributed by atoms with van der Waals surface area (Å²) in [4.78, 5) is 2.26. The van der Waals surface area contributed by atoms with E-state index in [1.165, 1.54) is 0 Å². The second-order valence-corrected chi connectivity index (χ2v) is 6.32. The molecular weight excluding hydrogens is 298 g/mol. The smallest absolute Gasteiger partial charge is 0.0928 e. The van der Waals surface area contributed by atoms with Crippen molar-refractivity contribution >= 4 is 28.7 Å². The Labute approximate surface area is 141 Å². The summed E-state index contributed by atoms with van der Waals surface area (Å²) in [5.41, 5.74) is 4.28. The summed E-state index contributed by atoms with van der Waals surface area (Å²) in [6, 6.07) is 16.6. The first-order valence-electron chi connectivity index (χ1n) is 8.44. The Morgan fingerprint density at radius 2 is 2.00 bits per heavy atom. The van der Waals surface area contributed by atoms with Gasteiger partial charge in [-0.2, -0.15) is 5.10 Å². The van der Waals surface area contributed by atoms with Crippen LogP contribution in [-0.4, -0.2) is 34.5 Å². The predicted octanol–water partition coefficient (Wildman–Crippen LogP) is 3.69. The van der Waals surface area contributed by atoms with Crippen LogP contribution in [0.3, 0.4) is 0 Å². The largest absolute Gasteiger partial charge is 0.391 e. The molecule has 2 heterocycles. The highest BCUT2D eigenvalue weighted by Crippen LogP contribution is 2.26. The highest BCUT2D eigenvalue weighted by Gasteiger charge is 2.18. The zero-order chi connectivity index (χ0) is 16.4. The molecule has 0 aliphatic carbocycles. The summed E-state index contributed by atoms with van der Waals surface area (Å²) in [5, 5.41) is 18.5. The third-order valence-electron chi connectivity index (χ3n) is 4.57. The van der Waals surface area contributed by atoms with E-state index in [1.807, 2.05) is 24.3 Å². The Morgan fingerprint density at radius 3 is 2.83 bits per heavy atom. The van der Waals surface area contributed by atoms with Crippen LogP contribution in [0.4, 0.5) is 5.69 Å². The van der Waals surface area contributed by atoms with Crippen molar-refractivity contribution < 1.29 is 5.11 Å². The maximum Gasteiger partial charge on any atom is 0.0928 e. The Kier molecular flexibility index (Phi) is 4.05. The van der Waals surface area contributed by atoms with Gasteiger partial charge in [0.25, 0.3) is 0 Å². The number of nitrogens with zero attached hydrogens (tertiary/aromatic N) is 2. The molecule has 3 aromatic rings. The number of benzene rings is 2. The number of aliphatic hydroxyl groups excluding tert-OH is 1. The molecule has 1 fully saturated rings. The number of hydrogen-bond acceptors (Lipinski definition) is 3. The molecule has 0 radical (unpaired) electrons. The van der Waals surface area contributed by atoms with Crippen LogP contribution >= 0.6 is 0 Å². The van der Waals surface area contributed by atoms with Gasteiger partial charge < -0.3 is 10.0 Å². The fourth-order valence-electron chi connectivity index (χ4n) is 3.27. The zero-order valence-corrected chi connectivity index (χ0v) is 13.5. The molecule has 0 saturated carbocycles. The van der Waals surface area contributed by atoms with Crippen LogP contribution in [0.2, 0.25) is 0 Å². The summed E-state index contributed by atoms with van der Waals surface area (Å²) in [5.74, 6) is 0. The monoisotopic (exact) mass is 319 g/mol. The van der Waals surface area contributed by atoms with E-state index in [9.17, 15) is 5.11 Å². The SMILES string of the molecule is OC1CCCN(c2ccc3[nH]nc(C=Cc4ccccc4)c3c2)C1. The first kappa shape index (κ1) is 15.0. The van der Waals surface area contributed by atoms with E-state index in [4.69, 9.17) is 0 Å². The third-order valence-corrected chi connectivity index (χ3v) is 4.57. The van der Waals surface area contributed by atoms with Gasteiger partial charge in [-0.3, -0.25) is 5.10 Å². The standard InChI is InChI=1S/C20H21N3O/c24-17-7-4-12-23(14-17)16-9-11-20-18(13-16)19(21-22-20)10-8-15-5-2-1-3-6-15/h1-3,5-6,8-11,13,17,24H,4,7,12,14H2,(H,21,22). The summed E-state index contributed by atoms with van der Waals surface area (Å²) < 4.78 is 0. The molecule has 0 bridgehead atoms. The lowest BCUT2D eigenvalue weighted by Gasteiger charge is -2.32. The lowest BCUT2D eigenvalue weighted by molar-refractivity contribution is 0.154. The maximum absolute atomic E-state index is 9.91. The molecule has 2 N–H and O–H groups in total. The van der Waals surface area contributed by atoms with Crippen molar-refractivity contribution in [3.63, 3.8) is 0 Å². The van der Waals surface area contributed by atoms with Crippen molar-refractivity contribution in [3.8, 4) is 0 Å². The Hall–Kier alpha value is -2.59. The number of β-amino-alcohol motifs (C(OH)–C–C–N with tert-alkyl or cyclic N) is 1. The summed E-state index contributed by atoms with van der Waals surface area (Å²) in [6.07, 6.45) is 5.83. The first-order chi connectivity index (χ1) is 11.8. The normalized spacial score (nSPS) is 18.5. The Morgan fingerprint density at radius 1 is 1.12 bits per heavy atom. The van der Waals surface area contributed by atoms with E-state index in [0.29, 0.717) is 6.54 Å². The van der Waals surface area contributed by atoms with Crippen LogP contribution in [0.5, 0.6) is 0 Å². The van der Waals surface area contributed by atoms with Crippen molar-refractivity contribution in [1.82, 2.24) is 10.2 Å². The van der Waals surface area contributed by atoms with Gasteiger partial charge in [0.1, 0.15) is 0 Å². The first-order valence-corrected chi connectivity index (χ1v) is 8.44. The van der Waals surface area contributed by atoms with Gasteiger partial charge in [0.15, 0.2) is 0 Å². The van der Waals surface area contributed by atoms with Crippen molar-refractivity contribution in [3.05, 3.63) is 59.8 Å². The van der Waals surface area contributed by atoms with Gasteiger partial charge in [-0.05, 0) is 42.7 Å². The zero-order valence-electron chi connectivity index (χ0n) is 13.5. The maximum atomic E-state index is 9.91. The summed E-state index contributed by atoms with van der Waals surface area (Å²) in [7, 11) is 0. The molecular formula is C20H21N3O. The summed E-state index contributed by atoms with van der Waals surface area (Å²) in [6.45, 7) is 1.70. The molecule has 4 nitrogen and oxygen atoms in total. The summed E-state index contributed by atoms with van der Waals surface area (Å²) >= 11 is 0. The van der Waals surface area contributed by atoms with Crippen LogP contribution in [0.15, 0.2) is 48.5 Å². The molecule has 1 aliphatic rings. The minimum Gasteiger partial charge on any atom is -0.391 e. The number of hydrogen-bond donors (Lipinski definition) is 2. The number of anilines is 1. The average molecular weight is 319 g/mol. The second-order valence-electron chi connectivity index (χ2n) is 6.32. The molecule has 122 valence electrons. The third kappa shape index (κ3) is 3.05. The molecule has 4 rings (SSSR count). The van der Waals surface area contributed by atoms with E-state index in [-0.39, 0.29) is 6.10 Å². The molecule has 0 spiro atoms. The van der Waals surface area contributed by atoms with Gasteiger partial charge in [-0.15, -0.1) is 0 Å². The number of aromatic amines is 1. The van der Waals surface area contributed by atoms with Gasteiger partial charge in [0, 0.05) is 24.2 Å². The fraction of sp³-hybridized carbons (Fsp3) is 0.250. The van der Waals surface area contributed by atoms with Gasteiger partial charge in [0.05, 0.1) is 17.3 Å². The quantitative estimate of drug-likeness (QED) is 0.774. The second kappa shape index (κ2) is 6.49. The van der Waals surface area contributed by atoms with Gasteiger partial charge in [-0.1, -0.05) is 36.4 Å². The highest BCUT2D eigenvalue weighted by molar-refractivity contribution is 5.91. The van der Waals surface area contributed by atoms with Crippen molar-refractivity contribution in [2.75, 3.05) is 18.0 Å². The van der Waals surface area contributed by atoms with E-state index < -0.39 is 0 Å². The van der Waals surface area contributed by atoms with Crippen molar-refractivity contribution in [2.24, 2.45) is 0 Å². The number of piperidine rings is 1. The Bertz CT molecular complexity index is 854. The number of aliphatic hydroxyl groups is 1. The lowest BCUT2D eigenvalue weighted by Crippen LogP contribution is -2.38. The van der Waals surface area contributed by atoms with Crippen LogP contribution in [0.25, 0.3) is 23.1 Å². The van der Waals surface area contributed by atoms with E-state index in [1.54, 1.807) is 0 Å². The number of fused-ring (bicyclic) bond motifs is 1. The van der Waals surface area contributed by atoms with Crippen LogP contribution in [0.1, 0.15) is 24.1 Å². The minimum atomic E-state index is -0.226. The molecule has 0 amide bonds. The molecule has 1 unspecified atom stereocenters. The van der Waals surface area contributed by atoms with E-state index >= 15 is 0 Å². The van der Waals surface area contributed by atoms with Gasteiger partial charge in [0.2, 0.25) is 0 Å². The van der Waals surface area contributed by atoms with E-state index in [0.717, 1.165) is 47.2 Å². The number of aromatic nitrogens is 2. The number of nitrogens with one attached hydrogen (secondary N) is 1. The molecule has 24 heavy (non-hydrogen) atoms. The molecule has 1 saturated heterocycles. The molecule has 2 aromatic carbocycles. The minimum absolute atomic E-state index is 0.226. The van der Waals surface area contributed by atoms with Crippen LogP contribution < -0.4 is 4.90 Å². The molecule has 1 aliphatic heterocycles. The molecule has 4 heteroatoms. The van der Waals surface area contributed by atoms with Crippen LogP contribution in [-0.2, 0) is 0 Å². The van der Waals surface area contributed by atoms with Crippen molar-refractivity contribution in [2.45, 2.75) is 18.9 Å². The topological polar surface area (TPSA) is 52.1 Å². The number of rotatable bonds is 3. The van der Waals surface area contributed by atoms with Crippen molar-refractivity contribution in [1.29, 1.82) is 0 Å². The van der Waals surface area contributed by atoms with Crippen LogP contribution in [0, 0.1) is 0 Å². The lowest BCUT2D eigenvalue weighted by atomic mass is 10.1. The highest BCUT2D eigenvalue weighted by atomic mass is 16.3. The molecule has 1 aromatic heterocycles. The molecule has 1 atom stereocenters. The predicted molar refractivity (Wildman–Crippen MR) is 98.9 cm³/mol.